The summed E-state index contributed by atoms with van der Waals surface area (Å²) in [6.45, 7) is 5.53. The zero-order valence-corrected chi connectivity index (χ0v) is 19.5. The van der Waals surface area contributed by atoms with Gasteiger partial charge in [0, 0.05) is 42.5 Å². The molecular weight excluding hydrogens is 451 g/mol. The highest BCUT2D eigenvalue weighted by Crippen LogP contribution is 2.35. The molecule has 2 N–H and O–H groups in total. The van der Waals surface area contributed by atoms with E-state index >= 15 is 0 Å². The van der Waals surface area contributed by atoms with Gasteiger partial charge in [0.1, 0.15) is 24.2 Å². The van der Waals surface area contributed by atoms with Gasteiger partial charge in [-0.2, -0.15) is 10.4 Å². The summed E-state index contributed by atoms with van der Waals surface area (Å²) < 4.78 is 7.44. The molecule has 2 bridgehead atoms. The molecule has 0 saturated carbocycles. The van der Waals surface area contributed by atoms with Gasteiger partial charge in [0.2, 0.25) is 0 Å². The van der Waals surface area contributed by atoms with Crippen LogP contribution in [0.4, 0.5) is 5.82 Å². The molecule has 8 nitrogen and oxygen atoms in total. The van der Waals surface area contributed by atoms with E-state index in [1.165, 1.54) is 6.42 Å². The van der Waals surface area contributed by atoms with E-state index in [0.29, 0.717) is 28.9 Å². The van der Waals surface area contributed by atoms with Gasteiger partial charge < -0.3 is 20.1 Å². The second-order valence-electron chi connectivity index (χ2n) is 8.67. The first-order valence-corrected chi connectivity index (χ1v) is 10.1. The van der Waals surface area contributed by atoms with Crippen LogP contribution in [0.1, 0.15) is 25.8 Å². The second kappa shape index (κ2) is 9.12. The number of anilines is 1. The molecule has 2 atom stereocenters. The lowest BCUT2D eigenvalue weighted by atomic mass is 9.89. The molecule has 3 aromatic heterocycles. The van der Waals surface area contributed by atoms with Crippen molar-refractivity contribution in [2.75, 3.05) is 24.6 Å². The van der Waals surface area contributed by atoms with E-state index in [1.54, 1.807) is 30.8 Å². The summed E-state index contributed by atoms with van der Waals surface area (Å²) in [7, 11) is 0. The number of nitrogens with one attached hydrogen (secondary N) is 1. The normalized spacial score (nSPS) is 19.4. The van der Waals surface area contributed by atoms with Gasteiger partial charge >= 0.3 is 0 Å². The molecule has 2 aliphatic rings. The maximum Gasteiger partial charge on any atom is 0.138 e. The average molecular weight is 477 g/mol. The lowest BCUT2D eigenvalue weighted by Crippen LogP contribution is -2.68. The van der Waals surface area contributed by atoms with E-state index < -0.39 is 5.60 Å². The summed E-state index contributed by atoms with van der Waals surface area (Å²) in [5.41, 5.74) is 1.96. The van der Waals surface area contributed by atoms with Crippen molar-refractivity contribution >= 4 is 36.1 Å². The molecule has 2 fully saturated rings. The van der Waals surface area contributed by atoms with Crippen molar-refractivity contribution in [1.29, 1.82) is 5.26 Å². The Morgan fingerprint density at radius 2 is 2.00 bits per heavy atom. The molecule has 0 amide bonds. The number of nitrogens with zero attached hydrogens (tertiary/aromatic N) is 5. The Bertz CT molecular complexity index is 1120. The number of aliphatic hydroxyl groups is 1. The number of nitriles is 1. The number of pyridine rings is 2. The minimum atomic E-state index is -0.954. The van der Waals surface area contributed by atoms with Crippen LogP contribution in [0.3, 0.4) is 0 Å². The van der Waals surface area contributed by atoms with Crippen LogP contribution in [0.5, 0.6) is 5.75 Å². The van der Waals surface area contributed by atoms with Crippen LogP contribution in [0.2, 0.25) is 0 Å². The van der Waals surface area contributed by atoms with Gasteiger partial charge in [0.15, 0.2) is 0 Å². The molecule has 3 aromatic rings. The van der Waals surface area contributed by atoms with E-state index in [4.69, 9.17) is 9.72 Å². The monoisotopic (exact) mass is 476 g/mol. The number of hydrogen-bond acceptors (Lipinski definition) is 7. The number of fused-ring (bicyclic) bond motifs is 3. The Morgan fingerprint density at radius 3 is 2.59 bits per heavy atom. The molecule has 0 aliphatic carbocycles. The topological polar surface area (TPSA) is 98.7 Å². The van der Waals surface area contributed by atoms with Crippen LogP contribution in [0, 0.1) is 11.3 Å². The first kappa shape index (κ1) is 24.1. The van der Waals surface area contributed by atoms with Gasteiger partial charge in [-0.05, 0) is 38.5 Å². The fraction of sp³-hybridized carbons (Fsp3) is 0.409. The highest BCUT2D eigenvalue weighted by atomic mass is 35.5. The fourth-order valence-electron chi connectivity index (χ4n) is 4.29. The van der Waals surface area contributed by atoms with Crippen molar-refractivity contribution in [3.63, 3.8) is 0 Å². The van der Waals surface area contributed by atoms with Gasteiger partial charge in [0.25, 0.3) is 0 Å². The summed E-state index contributed by atoms with van der Waals surface area (Å²) in [6, 6.07) is 9.21. The number of piperidine rings is 1. The molecule has 0 aromatic carbocycles. The molecular formula is C22H26Cl2N6O2. The second-order valence-corrected chi connectivity index (χ2v) is 8.67. The Labute approximate surface area is 199 Å². The minimum Gasteiger partial charge on any atom is -0.489 e. The standard InChI is InChI=1S/C22H24N6O2.2ClH/c1-22(2,29)13-30-18-6-19(21-15(7-23)9-26-27(21)12-18)14-3-4-20(25-8-14)28-16-5-17(28)11-24-10-16;;/h3-4,6,8-9,12,16-17,24,29H,5,10-11,13H2,1-2H3;2*1H. The van der Waals surface area contributed by atoms with Crippen molar-refractivity contribution in [1.82, 2.24) is 19.9 Å². The third-order valence-electron chi connectivity index (χ3n) is 5.71. The van der Waals surface area contributed by atoms with E-state index in [1.807, 2.05) is 24.4 Å². The third kappa shape index (κ3) is 4.34. The summed E-state index contributed by atoms with van der Waals surface area (Å²) in [4.78, 5) is 7.11. The molecule has 5 rings (SSSR count). The van der Waals surface area contributed by atoms with Crippen LogP contribution in [0.15, 0.2) is 36.8 Å². The van der Waals surface area contributed by atoms with Gasteiger partial charge in [-0.1, -0.05) is 0 Å². The Kier molecular flexibility index (Phi) is 6.86. The zero-order valence-electron chi connectivity index (χ0n) is 17.9. The summed E-state index contributed by atoms with van der Waals surface area (Å²) in [6.07, 6.45) is 6.34. The molecule has 5 heterocycles. The lowest BCUT2D eigenvalue weighted by molar-refractivity contribution is 0.0283. The zero-order chi connectivity index (χ0) is 20.9. The van der Waals surface area contributed by atoms with E-state index in [2.05, 4.69) is 21.4 Å². The molecule has 0 radical (unpaired) electrons. The summed E-state index contributed by atoms with van der Waals surface area (Å²) in [5, 5.41) is 27.3. The van der Waals surface area contributed by atoms with Gasteiger partial charge in [-0.15, -0.1) is 24.8 Å². The predicted molar refractivity (Wildman–Crippen MR) is 127 cm³/mol. The van der Waals surface area contributed by atoms with E-state index in [-0.39, 0.29) is 31.4 Å². The number of ether oxygens (including phenoxy) is 1. The first-order valence-electron chi connectivity index (χ1n) is 10.1. The van der Waals surface area contributed by atoms with E-state index in [9.17, 15) is 10.4 Å². The predicted octanol–water partition coefficient (Wildman–Crippen LogP) is 2.81. The fourth-order valence-corrected chi connectivity index (χ4v) is 4.29. The molecule has 0 spiro atoms. The quantitative estimate of drug-likeness (QED) is 0.583. The van der Waals surface area contributed by atoms with Gasteiger partial charge in [-0.3, -0.25) is 0 Å². The van der Waals surface area contributed by atoms with Crippen LogP contribution < -0.4 is 15.0 Å². The van der Waals surface area contributed by atoms with Crippen LogP contribution >= 0.6 is 24.8 Å². The maximum atomic E-state index is 9.99. The number of aromatic nitrogens is 3. The molecule has 2 aliphatic heterocycles. The van der Waals surface area contributed by atoms with E-state index in [0.717, 1.165) is 30.0 Å². The highest BCUT2D eigenvalue weighted by Gasteiger charge is 2.41. The maximum absolute atomic E-state index is 9.99. The Balaban J connectivity index is 0.00000144. The summed E-state index contributed by atoms with van der Waals surface area (Å²) in [5.74, 6) is 1.56. The van der Waals surface area contributed by atoms with Gasteiger partial charge in [-0.25, -0.2) is 9.50 Å². The van der Waals surface area contributed by atoms with Crippen LogP contribution in [-0.4, -0.2) is 57.1 Å². The Morgan fingerprint density at radius 1 is 1.25 bits per heavy atom. The van der Waals surface area contributed by atoms with Crippen LogP contribution in [0.25, 0.3) is 16.6 Å². The largest absolute Gasteiger partial charge is 0.489 e. The minimum absolute atomic E-state index is 0. The SMILES string of the molecule is CC(C)(O)COc1cc(-c2ccc(N3C4CNCC3C4)nc2)c2c(C#N)cnn2c1.Cl.Cl. The van der Waals surface area contributed by atoms with Crippen molar-refractivity contribution in [3.05, 3.63) is 42.4 Å². The molecule has 2 unspecified atom stereocenters. The Hall–Kier alpha value is -2.57. The summed E-state index contributed by atoms with van der Waals surface area (Å²) >= 11 is 0. The molecule has 32 heavy (non-hydrogen) atoms. The number of halogens is 2. The van der Waals surface area contributed by atoms with Gasteiger partial charge in [0.05, 0.1) is 29.1 Å². The van der Waals surface area contributed by atoms with Crippen LogP contribution in [-0.2, 0) is 0 Å². The van der Waals surface area contributed by atoms with Crippen molar-refractivity contribution in [2.45, 2.75) is 38.0 Å². The van der Waals surface area contributed by atoms with Crippen molar-refractivity contribution in [2.24, 2.45) is 0 Å². The number of piperazine rings is 1. The van der Waals surface area contributed by atoms with Crippen molar-refractivity contribution < 1.29 is 9.84 Å². The number of hydrogen-bond donors (Lipinski definition) is 2. The smallest absolute Gasteiger partial charge is 0.138 e. The third-order valence-corrected chi connectivity index (χ3v) is 5.71. The number of rotatable bonds is 5. The molecule has 10 heteroatoms. The first-order chi connectivity index (χ1) is 14.4. The molecule has 170 valence electrons. The average Bonchev–Trinajstić information content (AvgIpc) is 3.15. The highest BCUT2D eigenvalue weighted by molar-refractivity contribution is 5.86. The molecule has 2 saturated heterocycles. The van der Waals surface area contributed by atoms with Crippen molar-refractivity contribution in [3.8, 4) is 22.9 Å². The lowest BCUT2D eigenvalue weighted by Gasteiger charge is -2.53.